The van der Waals surface area contributed by atoms with E-state index in [4.69, 9.17) is 0 Å². The van der Waals surface area contributed by atoms with Crippen molar-refractivity contribution < 1.29 is 4.79 Å². The van der Waals surface area contributed by atoms with E-state index in [0.29, 0.717) is 0 Å². The van der Waals surface area contributed by atoms with Crippen LogP contribution >= 0.6 is 0 Å². The summed E-state index contributed by atoms with van der Waals surface area (Å²) in [5.41, 5.74) is 1.81. The Morgan fingerprint density at radius 3 is 2.33 bits per heavy atom. The van der Waals surface area contributed by atoms with E-state index in [9.17, 15) is 4.79 Å². The van der Waals surface area contributed by atoms with Crippen molar-refractivity contribution in [3.05, 3.63) is 29.8 Å². The molecule has 1 aromatic rings. The van der Waals surface area contributed by atoms with E-state index in [1.54, 1.807) is 6.92 Å². The molecule has 3 nitrogen and oxygen atoms in total. The number of nitrogens with zero attached hydrogens (tertiary/aromatic N) is 1. The van der Waals surface area contributed by atoms with Gasteiger partial charge in [0.05, 0.1) is 0 Å². The molecular formula is C12H18N2O. The first-order chi connectivity index (χ1) is 7.09. The van der Waals surface area contributed by atoms with Gasteiger partial charge >= 0.3 is 0 Å². The molecule has 1 N–H and O–H groups in total. The quantitative estimate of drug-likeness (QED) is 0.746. The maximum atomic E-state index is 11.0. The highest BCUT2D eigenvalue weighted by Crippen LogP contribution is 2.09. The molecule has 0 heterocycles. The average Bonchev–Trinajstić information content (AvgIpc) is 2.18. The molecular weight excluding hydrogens is 188 g/mol. The summed E-state index contributed by atoms with van der Waals surface area (Å²) in [5.74, 6) is 0.106. The van der Waals surface area contributed by atoms with Crippen LogP contribution in [-0.2, 0) is 0 Å². The Morgan fingerprint density at radius 2 is 1.87 bits per heavy atom. The van der Waals surface area contributed by atoms with E-state index in [0.717, 1.165) is 24.3 Å². The van der Waals surface area contributed by atoms with Gasteiger partial charge in [-0.25, -0.2) is 0 Å². The predicted molar refractivity (Wildman–Crippen MR) is 63.5 cm³/mol. The number of likely N-dealkylation sites (N-methyl/N-ethyl adjacent to an activating group) is 1. The SMILES string of the molecule is CC(=O)c1ccc(NCCN(C)C)cc1. The topological polar surface area (TPSA) is 32.3 Å². The molecule has 0 amide bonds. The van der Waals surface area contributed by atoms with Gasteiger partial charge < -0.3 is 10.2 Å². The summed E-state index contributed by atoms with van der Waals surface area (Å²) in [6.07, 6.45) is 0. The zero-order valence-electron chi connectivity index (χ0n) is 9.58. The van der Waals surface area contributed by atoms with Crippen molar-refractivity contribution in [3.8, 4) is 0 Å². The molecule has 0 aliphatic carbocycles. The molecule has 82 valence electrons. The van der Waals surface area contributed by atoms with Crippen LogP contribution in [0, 0.1) is 0 Å². The zero-order valence-corrected chi connectivity index (χ0v) is 9.58. The number of hydrogen-bond acceptors (Lipinski definition) is 3. The number of benzene rings is 1. The molecule has 0 radical (unpaired) electrons. The van der Waals surface area contributed by atoms with Crippen molar-refractivity contribution in [1.29, 1.82) is 0 Å². The Kier molecular flexibility index (Phi) is 4.31. The summed E-state index contributed by atoms with van der Waals surface area (Å²) in [6, 6.07) is 7.57. The summed E-state index contributed by atoms with van der Waals surface area (Å²) in [6.45, 7) is 3.48. The van der Waals surface area contributed by atoms with Gasteiger partial charge in [0.25, 0.3) is 0 Å². The van der Waals surface area contributed by atoms with E-state index in [1.165, 1.54) is 0 Å². The minimum absolute atomic E-state index is 0.106. The van der Waals surface area contributed by atoms with Gasteiger partial charge in [0.1, 0.15) is 0 Å². The molecule has 0 atom stereocenters. The van der Waals surface area contributed by atoms with Gasteiger partial charge in [-0.3, -0.25) is 4.79 Å². The Labute approximate surface area is 91.1 Å². The van der Waals surface area contributed by atoms with Crippen LogP contribution in [0.25, 0.3) is 0 Å². The first-order valence-electron chi connectivity index (χ1n) is 5.09. The molecule has 1 rings (SSSR count). The van der Waals surface area contributed by atoms with Crippen molar-refractivity contribution in [1.82, 2.24) is 4.90 Å². The minimum atomic E-state index is 0.106. The fourth-order valence-electron chi connectivity index (χ4n) is 1.25. The van der Waals surface area contributed by atoms with Crippen LogP contribution in [0.15, 0.2) is 24.3 Å². The number of rotatable bonds is 5. The summed E-state index contributed by atoms with van der Waals surface area (Å²) in [5, 5.41) is 3.29. The third kappa shape index (κ3) is 4.13. The van der Waals surface area contributed by atoms with Crippen molar-refractivity contribution in [2.75, 3.05) is 32.5 Å². The molecule has 15 heavy (non-hydrogen) atoms. The monoisotopic (exact) mass is 206 g/mol. The number of ketones is 1. The Morgan fingerprint density at radius 1 is 1.27 bits per heavy atom. The molecule has 0 spiro atoms. The molecule has 0 aliphatic rings. The fraction of sp³-hybridized carbons (Fsp3) is 0.417. The van der Waals surface area contributed by atoms with Gasteiger partial charge in [0, 0.05) is 24.3 Å². The largest absolute Gasteiger partial charge is 0.384 e. The van der Waals surface area contributed by atoms with Gasteiger partial charge in [-0.15, -0.1) is 0 Å². The fourth-order valence-corrected chi connectivity index (χ4v) is 1.25. The molecule has 0 aromatic heterocycles. The molecule has 0 saturated heterocycles. The lowest BCUT2D eigenvalue weighted by Crippen LogP contribution is -2.20. The first kappa shape index (κ1) is 11.7. The molecule has 0 fully saturated rings. The maximum absolute atomic E-state index is 11.0. The molecule has 3 heteroatoms. The van der Waals surface area contributed by atoms with Crippen LogP contribution in [0.2, 0.25) is 0 Å². The van der Waals surface area contributed by atoms with Crippen LogP contribution in [0.3, 0.4) is 0 Å². The number of nitrogens with one attached hydrogen (secondary N) is 1. The highest BCUT2D eigenvalue weighted by atomic mass is 16.1. The summed E-state index contributed by atoms with van der Waals surface area (Å²) in [4.78, 5) is 13.2. The van der Waals surface area contributed by atoms with Crippen LogP contribution < -0.4 is 5.32 Å². The third-order valence-corrected chi connectivity index (χ3v) is 2.18. The number of hydrogen-bond donors (Lipinski definition) is 1. The normalized spacial score (nSPS) is 10.4. The second-order valence-electron chi connectivity index (χ2n) is 3.86. The highest BCUT2D eigenvalue weighted by Gasteiger charge is 1.98. The van der Waals surface area contributed by atoms with Crippen LogP contribution in [0.5, 0.6) is 0 Å². The maximum Gasteiger partial charge on any atom is 0.159 e. The number of anilines is 1. The van der Waals surface area contributed by atoms with Gasteiger partial charge in [-0.2, -0.15) is 0 Å². The van der Waals surface area contributed by atoms with E-state index in [-0.39, 0.29) is 5.78 Å². The standard InChI is InChI=1S/C12H18N2O/c1-10(15)11-4-6-12(7-5-11)13-8-9-14(2)3/h4-7,13H,8-9H2,1-3H3. The van der Waals surface area contributed by atoms with Crippen molar-refractivity contribution >= 4 is 11.5 Å². The lowest BCUT2D eigenvalue weighted by Gasteiger charge is -2.11. The van der Waals surface area contributed by atoms with Crippen molar-refractivity contribution in [2.45, 2.75) is 6.92 Å². The van der Waals surface area contributed by atoms with E-state index in [2.05, 4.69) is 10.2 Å². The molecule has 1 aromatic carbocycles. The lowest BCUT2D eigenvalue weighted by molar-refractivity contribution is 0.101. The molecule has 0 unspecified atom stereocenters. The lowest BCUT2D eigenvalue weighted by atomic mass is 10.1. The van der Waals surface area contributed by atoms with E-state index >= 15 is 0 Å². The van der Waals surface area contributed by atoms with E-state index in [1.807, 2.05) is 38.4 Å². The summed E-state index contributed by atoms with van der Waals surface area (Å²) >= 11 is 0. The third-order valence-electron chi connectivity index (χ3n) is 2.18. The highest BCUT2D eigenvalue weighted by molar-refractivity contribution is 5.94. The van der Waals surface area contributed by atoms with Crippen LogP contribution in [0.1, 0.15) is 17.3 Å². The smallest absolute Gasteiger partial charge is 0.159 e. The van der Waals surface area contributed by atoms with Crippen molar-refractivity contribution in [2.24, 2.45) is 0 Å². The minimum Gasteiger partial charge on any atom is -0.384 e. The Bertz CT molecular complexity index is 317. The summed E-state index contributed by atoms with van der Waals surface area (Å²) < 4.78 is 0. The number of carbonyl (C=O) groups excluding carboxylic acids is 1. The Balaban J connectivity index is 2.46. The van der Waals surface area contributed by atoms with Gasteiger partial charge in [0.2, 0.25) is 0 Å². The second-order valence-corrected chi connectivity index (χ2v) is 3.86. The zero-order chi connectivity index (χ0) is 11.3. The Hall–Kier alpha value is -1.35. The van der Waals surface area contributed by atoms with Gasteiger partial charge in [0.15, 0.2) is 5.78 Å². The first-order valence-corrected chi connectivity index (χ1v) is 5.09. The summed E-state index contributed by atoms with van der Waals surface area (Å²) in [7, 11) is 4.08. The molecule has 0 saturated carbocycles. The second kappa shape index (κ2) is 5.51. The predicted octanol–water partition coefficient (Wildman–Crippen LogP) is 1.86. The number of Topliss-reactive ketones (excluding diaryl/α,β-unsaturated/α-hetero) is 1. The van der Waals surface area contributed by atoms with Crippen molar-refractivity contribution in [3.63, 3.8) is 0 Å². The van der Waals surface area contributed by atoms with E-state index < -0.39 is 0 Å². The average molecular weight is 206 g/mol. The van der Waals surface area contributed by atoms with Gasteiger partial charge in [-0.1, -0.05) is 0 Å². The molecule has 0 bridgehead atoms. The molecule has 0 aliphatic heterocycles. The number of carbonyl (C=O) groups is 1. The van der Waals surface area contributed by atoms with Crippen LogP contribution in [-0.4, -0.2) is 37.9 Å². The van der Waals surface area contributed by atoms with Gasteiger partial charge in [-0.05, 0) is 45.3 Å². The van der Waals surface area contributed by atoms with Crippen LogP contribution in [0.4, 0.5) is 5.69 Å².